The number of carboxylic acids is 1. The van der Waals surface area contributed by atoms with E-state index in [2.05, 4.69) is 5.92 Å². The van der Waals surface area contributed by atoms with Crippen LogP contribution in [0.2, 0.25) is 0 Å². The molecule has 0 atom stereocenters. The first-order valence-corrected chi connectivity index (χ1v) is 7.52. The first-order valence-electron chi connectivity index (χ1n) is 6.71. The van der Waals surface area contributed by atoms with Crippen LogP contribution < -0.4 is 0 Å². The van der Waals surface area contributed by atoms with Crippen molar-refractivity contribution in [1.29, 1.82) is 0 Å². The molecule has 1 aliphatic rings. The van der Waals surface area contributed by atoms with Crippen molar-refractivity contribution in [1.82, 2.24) is 4.90 Å². The van der Waals surface area contributed by atoms with Crippen LogP contribution in [0, 0.1) is 12.3 Å². The molecule has 1 saturated carbocycles. The summed E-state index contributed by atoms with van der Waals surface area (Å²) in [5.74, 6) is 1.39. The SMILES string of the molecule is C#CCN(C(=O)c1ccc(C(=O)O)s1)C1CCCCC1. The van der Waals surface area contributed by atoms with Crippen LogP contribution in [-0.4, -0.2) is 34.5 Å². The van der Waals surface area contributed by atoms with Crippen LogP contribution in [0.3, 0.4) is 0 Å². The first-order chi connectivity index (χ1) is 9.63. The van der Waals surface area contributed by atoms with Gasteiger partial charge in [0.1, 0.15) is 4.88 Å². The molecule has 0 saturated heterocycles. The molecule has 5 heteroatoms. The largest absolute Gasteiger partial charge is 0.477 e. The Hall–Kier alpha value is -1.80. The Kier molecular flexibility index (Phi) is 4.80. The quantitative estimate of drug-likeness (QED) is 0.868. The van der Waals surface area contributed by atoms with Gasteiger partial charge in [0.15, 0.2) is 0 Å². The van der Waals surface area contributed by atoms with Crippen LogP contribution in [0.4, 0.5) is 0 Å². The first kappa shape index (κ1) is 14.6. The number of carbonyl (C=O) groups is 2. The number of terminal acetylenes is 1. The maximum absolute atomic E-state index is 12.5. The molecular formula is C15H17NO3S. The lowest BCUT2D eigenvalue weighted by Crippen LogP contribution is -2.41. The van der Waals surface area contributed by atoms with Crippen molar-refractivity contribution < 1.29 is 14.7 Å². The lowest BCUT2D eigenvalue weighted by atomic mass is 9.94. The summed E-state index contributed by atoms with van der Waals surface area (Å²) in [5, 5.41) is 8.92. The summed E-state index contributed by atoms with van der Waals surface area (Å²) in [6, 6.07) is 3.22. The van der Waals surface area contributed by atoms with Crippen LogP contribution in [0.5, 0.6) is 0 Å². The van der Waals surface area contributed by atoms with E-state index in [1.165, 1.54) is 12.5 Å². The Morgan fingerprint density at radius 1 is 1.30 bits per heavy atom. The predicted octanol–water partition coefficient (Wildman–Crippen LogP) is 2.85. The number of nitrogens with zero attached hydrogens (tertiary/aromatic N) is 1. The van der Waals surface area contributed by atoms with Crippen molar-refractivity contribution in [3.05, 3.63) is 21.9 Å². The highest BCUT2D eigenvalue weighted by atomic mass is 32.1. The summed E-state index contributed by atoms with van der Waals surface area (Å²) in [6.07, 6.45) is 10.8. The zero-order chi connectivity index (χ0) is 14.5. The Morgan fingerprint density at radius 2 is 1.95 bits per heavy atom. The van der Waals surface area contributed by atoms with Crippen LogP contribution >= 0.6 is 11.3 Å². The van der Waals surface area contributed by atoms with Gasteiger partial charge in [0.2, 0.25) is 0 Å². The molecule has 1 heterocycles. The van der Waals surface area contributed by atoms with E-state index in [0.717, 1.165) is 37.0 Å². The smallest absolute Gasteiger partial charge is 0.345 e. The minimum Gasteiger partial charge on any atom is -0.477 e. The van der Waals surface area contributed by atoms with Gasteiger partial charge in [-0.15, -0.1) is 17.8 Å². The fourth-order valence-electron chi connectivity index (χ4n) is 2.57. The molecule has 1 aliphatic carbocycles. The van der Waals surface area contributed by atoms with Gasteiger partial charge in [-0.1, -0.05) is 25.2 Å². The number of carboxylic acid groups (broad SMARTS) is 1. The van der Waals surface area contributed by atoms with E-state index in [0.29, 0.717) is 4.88 Å². The van der Waals surface area contributed by atoms with Gasteiger partial charge in [0.05, 0.1) is 11.4 Å². The second-order valence-electron chi connectivity index (χ2n) is 4.90. The number of aromatic carboxylic acids is 1. The fraction of sp³-hybridized carbons (Fsp3) is 0.467. The lowest BCUT2D eigenvalue weighted by Gasteiger charge is -2.32. The Labute approximate surface area is 122 Å². The monoisotopic (exact) mass is 291 g/mol. The van der Waals surface area contributed by atoms with Gasteiger partial charge >= 0.3 is 5.97 Å². The second-order valence-corrected chi connectivity index (χ2v) is 5.98. The zero-order valence-electron chi connectivity index (χ0n) is 11.2. The average molecular weight is 291 g/mol. The van der Waals surface area contributed by atoms with Crippen molar-refractivity contribution >= 4 is 23.2 Å². The third-order valence-electron chi connectivity index (χ3n) is 3.57. The van der Waals surface area contributed by atoms with Crippen LogP contribution in [0.15, 0.2) is 12.1 Å². The Bertz CT molecular complexity index is 538. The summed E-state index contributed by atoms with van der Waals surface area (Å²) in [5.41, 5.74) is 0. The summed E-state index contributed by atoms with van der Waals surface area (Å²) >= 11 is 1.01. The maximum Gasteiger partial charge on any atom is 0.345 e. The van der Waals surface area contributed by atoms with E-state index in [-0.39, 0.29) is 23.4 Å². The number of thiophene rings is 1. The summed E-state index contributed by atoms with van der Waals surface area (Å²) in [6.45, 7) is 0.282. The van der Waals surface area contributed by atoms with Crippen molar-refractivity contribution in [3.63, 3.8) is 0 Å². The number of hydrogen-bond donors (Lipinski definition) is 1. The van der Waals surface area contributed by atoms with Gasteiger partial charge in [-0.2, -0.15) is 0 Å². The topological polar surface area (TPSA) is 57.6 Å². The number of carbonyl (C=O) groups excluding carboxylic acids is 1. The maximum atomic E-state index is 12.5. The Morgan fingerprint density at radius 3 is 2.50 bits per heavy atom. The van der Waals surface area contributed by atoms with Gasteiger partial charge < -0.3 is 10.0 Å². The van der Waals surface area contributed by atoms with E-state index in [1.54, 1.807) is 11.0 Å². The van der Waals surface area contributed by atoms with Gasteiger partial charge in [0.25, 0.3) is 5.91 Å². The third-order valence-corrected chi connectivity index (χ3v) is 4.63. The highest BCUT2D eigenvalue weighted by Gasteiger charge is 2.26. The third kappa shape index (κ3) is 3.20. The number of amides is 1. The summed E-state index contributed by atoms with van der Waals surface area (Å²) < 4.78 is 0. The highest BCUT2D eigenvalue weighted by Crippen LogP contribution is 2.26. The minimum absolute atomic E-state index is 0.146. The minimum atomic E-state index is -1.00. The highest BCUT2D eigenvalue weighted by molar-refractivity contribution is 7.15. The fourth-order valence-corrected chi connectivity index (χ4v) is 3.37. The molecule has 2 rings (SSSR count). The van der Waals surface area contributed by atoms with E-state index in [1.807, 2.05) is 0 Å². The molecule has 106 valence electrons. The van der Waals surface area contributed by atoms with Crippen LogP contribution in [-0.2, 0) is 0 Å². The van der Waals surface area contributed by atoms with Crippen molar-refractivity contribution in [3.8, 4) is 12.3 Å². The van der Waals surface area contributed by atoms with Crippen molar-refractivity contribution in [2.24, 2.45) is 0 Å². The van der Waals surface area contributed by atoms with Crippen LogP contribution in [0.25, 0.3) is 0 Å². The lowest BCUT2D eigenvalue weighted by molar-refractivity contribution is 0.0671. The Balaban J connectivity index is 2.17. The zero-order valence-corrected chi connectivity index (χ0v) is 12.0. The van der Waals surface area contributed by atoms with Gasteiger partial charge in [0, 0.05) is 6.04 Å². The molecule has 20 heavy (non-hydrogen) atoms. The summed E-state index contributed by atoms with van der Waals surface area (Å²) in [4.78, 5) is 25.7. The van der Waals surface area contributed by atoms with E-state index in [4.69, 9.17) is 11.5 Å². The van der Waals surface area contributed by atoms with Gasteiger partial charge in [-0.25, -0.2) is 4.79 Å². The molecule has 0 bridgehead atoms. The molecule has 1 aromatic heterocycles. The molecule has 1 aromatic rings. The molecular weight excluding hydrogens is 274 g/mol. The second kappa shape index (κ2) is 6.58. The van der Waals surface area contributed by atoms with E-state index < -0.39 is 5.97 Å². The average Bonchev–Trinajstić information content (AvgIpc) is 2.95. The molecule has 1 fully saturated rings. The number of hydrogen-bond acceptors (Lipinski definition) is 3. The van der Waals surface area contributed by atoms with E-state index in [9.17, 15) is 9.59 Å². The molecule has 0 spiro atoms. The van der Waals surface area contributed by atoms with Crippen molar-refractivity contribution in [2.75, 3.05) is 6.54 Å². The summed E-state index contributed by atoms with van der Waals surface area (Å²) in [7, 11) is 0. The van der Waals surface area contributed by atoms with E-state index >= 15 is 0 Å². The van der Waals surface area contributed by atoms with Crippen molar-refractivity contribution in [2.45, 2.75) is 38.1 Å². The van der Waals surface area contributed by atoms with Crippen LogP contribution in [0.1, 0.15) is 51.4 Å². The molecule has 0 unspecified atom stereocenters. The standard InChI is InChI=1S/C15H17NO3S/c1-2-10-16(11-6-4-3-5-7-11)14(17)12-8-9-13(20-12)15(18)19/h1,8-9,11H,3-7,10H2,(H,18,19). The molecule has 0 aromatic carbocycles. The van der Waals surface area contributed by atoms with Gasteiger partial charge in [-0.3, -0.25) is 4.79 Å². The molecule has 1 amide bonds. The molecule has 4 nitrogen and oxygen atoms in total. The molecule has 1 N–H and O–H groups in total. The predicted molar refractivity (Wildman–Crippen MR) is 78.0 cm³/mol. The molecule has 0 aliphatic heterocycles. The number of rotatable bonds is 4. The van der Waals surface area contributed by atoms with Gasteiger partial charge in [-0.05, 0) is 25.0 Å². The molecule has 0 radical (unpaired) electrons. The normalized spacial score (nSPS) is 15.6.